The summed E-state index contributed by atoms with van der Waals surface area (Å²) < 4.78 is 46.9. The second kappa shape index (κ2) is 9.46. The van der Waals surface area contributed by atoms with Crippen molar-refractivity contribution in [3.8, 4) is 5.75 Å². The fraction of sp³-hybridized carbons (Fsp3) is 0.227. The Balaban J connectivity index is 1.80. The smallest absolute Gasteiger partial charge is 0.491 e. The first-order chi connectivity index (χ1) is 14.8. The molecule has 0 saturated carbocycles. The van der Waals surface area contributed by atoms with E-state index in [1.54, 1.807) is 41.6 Å². The van der Waals surface area contributed by atoms with Crippen molar-refractivity contribution in [1.82, 2.24) is 14.9 Å². The van der Waals surface area contributed by atoms with Crippen LogP contribution in [0.1, 0.15) is 28.7 Å². The van der Waals surface area contributed by atoms with E-state index in [1.807, 2.05) is 0 Å². The molecule has 0 bridgehead atoms. The van der Waals surface area contributed by atoms with E-state index in [0.717, 1.165) is 0 Å². The van der Waals surface area contributed by atoms with Crippen LogP contribution in [-0.4, -0.2) is 40.3 Å². The number of hydrogen-bond acceptors (Lipinski definition) is 5. The molecule has 0 aliphatic carbocycles. The predicted molar refractivity (Wildman–Crippen MR) is 108 cm³/mol. The molecule has 0 saturated heterocycles. The van der Waals surface area contributed by atoms with Crippen LogP contribution in [0.5, 0.6) is 5.75 Å². The number of amides is 1. The van der Waals surface area contributed by atoms with Crippen LogP contribution in [0.15, 0.2) is 67.2 Å². The van der Waals surface area contributed by atoms with E-state index >= 15 is 0 Å². The van der Waals surface area contributed by atoms with Gasteiger partial charge < -0.3 is 14.4 Å². The van der Waals surface area contributed by atoms with Crippen molar-refractivity contribution in [3.63, 3.8) is 0 Å². The van der Waals surface area contributed by atoms with Gasteiger partial charge in [0.25, 0.3) is 5.91 Å². The Labute approximate surface area is 177 Å². The van der Waals surface area contributed by atoms with Crippen LogP contribution in [0.3, 0.4) is 0 Å². The van der Waals surface area contributed by atoms with Crippen molar-refractivity contribution >= 4 is 11.5 Å². The second-order valence-corrected chi connectivity index (χ2v) is 6.55. The molecule has 1 aliphatic heterocycles. The highest BCUT2D eigenvalue weighted by Gasteiger charge is 2.31. The molecule has 1 aromatic heterocycles. The molecule has 0 radical (unpaired) electrons. The largest absolute Gasteiger partial charge is 0.573 e. The molecule has 0 fully saturated rings. The summed E-state index contributed by atoms with van der Waals surface area (Å²) in [6.07, 6.45) is 2.16. The number of alkyl halides is 3. The molecule has 6 nitrogen and oxygen atoms in total. The Bertz CT molecular complexity index is 1020. The third kappa shape index (κ3) is 5.94. The lowest BCUT2D eigenvalue weighted by Crippen LogP contribution is -2.32. The van der Waals surface area contributed by atoms with E-state index < -0.39 is 6.36 Å². The van der Waals surface area contributed by atoms with Crippen LogP contribution in [0.4, 0.5) is 13.2 Å². The molecular weight excluding hydrogens is 411 g/mol. The molecule has 0 spiro atoms. The van der Waals surface area contributed by atoms with Crippen LogP contribution in [0, 0.1) is 0 Å². The summed E-state index contributed by atoms with van der Waals surface area (Å²) in [6, 6.07) is 6.63. The van der Waals surface area contributed by atoms with Crippen molar-refractivity contribution in [2.75, 3.05) is 13.2 Å². The molecule has 0 atom stereocenters. The van der Waals surface area contributed by atoms with Crippen LogP contribution in [0.2, 0.25) is 0 Å². The van der Waals surface area contributed by atoms with Crippen molar-refractivity contribution in [3.05, 3.63) is 84.2 Å². The highest BCUT2D eigenvalue weighted by Crippen LogP contribution is 2.28. The third-order valence-corrected chi connectivity index (χ3v) is 4.41. The Hall–Kier alpha value is -3.62. The first-order valence-electron chi connectivity index (χ1n) is 9.38. The number of carbonyl (C=O) groups is 1. The highest BCUT2D eigenvalue weighted by atomic mass is 19.4. The summed E-state index contributed by atoms with van der Waals surface area (Å²) in [5.74, 6) is 0.313. The first-order valence-corrected chi connectivity index (χ1v) is 9.38. The zero-order valence-corrected chi connectivity index (χ0v) is 16.7. The quantitative estimate of drug-likeness (QED) is 0.497. The molecule has 1 aliphatic rings. The number of halogens is 3. The van der Waals surface area contributed by atoms with Crippen molar-refractivity contribution in [2.24, 2.45) is 0 Å². The lowest BCUT2D eigenvalue weighted by atomic mass is 10.0. The second-order valence-electron chi connectivity index (χ2n) is 6.55. The maximum Gasteiger partial charge on any atom is 0.573 e. The first kappa shape index (κ1) is 22.1. The van der Waals surface area contributed by atoms with E-state index in [2.05, 4.69) is 21.3 Å². The average molecular weight is 431 g/mol. The van der Waals surface area contributed by atoms with Gasteiger partial charge in [0.05, 0.1) is 18.7 Å². The summed E-state index contributed by atoms with van der Waals surface area (Å²) in [7, 11) is 0. The van der Waals surface area contributed by atoms with Gasteiger partial charge in [0.2, 0.25) is 0 Å². The summed E-state index contributed by atoms with van der Waals surface area (Å²) in [5.41, 5.74) is 1.30. The minimum atomic E-state index is -4.78. The molecule has 0 N–H and O–H groups in total. The molecule has 31 heavy (non-hydrogen) atoms. The highest BCUT2D eigenvalue weighted by molar-refractivity contribution is 5.98. The standard InChI is InChI=1S/C22H20F3N3O3/c1-3-17(31-22(23,24)25)7-5-15(2)16-6-8-19-18(13-16)21(29)28(11-12-30-19)14-20-26-9-4-10-27-20/h3-10,13H,2,11-12,14H2,1H3. The number of fused-ring (bicyclic) bond motifs is 1. The number of nitrogens with zero attached hydrogens (tertiary/aromatic N) is 3. The molecule has 2 aromatic rings. The monoisotopic (exact) mass is 431 g/mol. The lowest BCUT2D eigenvalue weighted by Gasteiger charge is -2.19. The van der Waals surface area contributed by atoms with Gasteiger partial charge in [-0.2, -0.15) is 0 Å². The van der Waals surface area contributed by atoms with Crippen molar-refractivity contribution in [2.45, 2.75) is 19.8 Å². The Kier molecular flexibility index (Phi) is 6.74. The van der Waals surface area contributed by atoms with Gasteiger partial charge in [-0.3, -0.25) is 4.79 Å². The maximum atomic E-state index is 13.1. The van der Waals surface area contributed by atoms with Gasteiger partial charge in [-0.1, -0.05) is 18.7 Å². The minimum absolute atomic E-state index is 0.229. The summed E-state index contributed by atoms with van der Waals surface area (Å²) >= 11 is 0. The van der Waals surface area contributed by atoms with Gasteiger partial charge in [0, 0.05) is 12.4 Å². The van der Waals surface area contributed by atoms with E-state index in [0.29, 0.717) is 41.4 Å². The zero-order chi connectivity index (χ0) is 22.4. The average Bonchev–Trinajstić information content (AvgIpc) is 2.89. The van der Waals surface area contributed by atoms with Gasteiger partial charge in [-0.15, -0.1) is 13.2 Å². The Morgan fingerprint density at radius 1 is 1.29 bits per heavy atom. The number of carbonyl (C=O) groups excluding carboxylic acids is 1. The van der Waals surface area contributed by atoms with Crippen LogP contribution >= 0.6 is 0 Å². The van der Waals surface area contributed by atoms with Gasteiger partial charge >= 0.3 is 6.36 Å². The van der Waals surface area contributed by atoms with E-state index in [1.165, 1.54) is 25.2 Å². The zero-order valence-electron chi connectivity index (χ0n) is 16.7. The molecule has 1 amide bonds. The van der Waals surface area contributed by atoms with Gasteiger partial charge in [0.15, 0.2) is 0 Å². The fourth-order valence-corrected chi connectivity index (χ4v) is 2.90. The maximum absolute atomic E-state index is 13.1. The lowest BCUT2D eigenvalue weighted by molar-refractivity contribution is -0.303. The molecule has 3 rings (SSSR count). The summed E-state index contributed by atoms with van der Waals surface area (Å²) in [5, 5.41) is 0. The van der Waals surface area contributed by atoms with Gasteiger partial charge in [-0.05, 0) is 48.4 Å². The number of allylic oxidation sites excluding steroid dienone is 4. The fourth-order valence-electron chi connectivity index (χ4n) is 2.90. The number of rotatable bonds is 6. The molecule has 2 heterocycles. The normalized spacial score (nSPS) is 14.8. The molecule has 162 valence electrons. The van der Waals surface area contributed by atoms with Crippen LogP contribution in [0.25, 0.3) is 5.57 Å². The van der Waals surface area contributed by atoms with E-state index in [4.69, 9.17) is 4.74 Å². The van der Waals surface area contributed by atoms with Crippen LogP contribution in [-0.2, 0) is 11.3 Å². The molecular formula is C22H20F3N3O3. The van der Waals surface area contributed by atoms with E-state index in [9.17, 15) is 18.0 Å². The summed E-state index contributed by atoms with van der Waals surface area (Å²) in [6.45, 7) is 6.21. The Morgan fingerprint density at radius 3 is 2.71 bits per heavy atom. The van der Waals surface area contributed by atoms with Crippen molar-refractivity contribution < 1.29 is 27.4 Å². The minimum Gasteiger partial charge on any atom is -0.491 e. The summed E-state index contributed by atoms with van der Waals surface area (Å²) in [4.78, 5) is 23.0. The Morgan fingerprint density at radius 2 is 2.03 bits per heavy atom. The van der Waals surface area contributed by atoms with Gasteiger partial charge in [0.1, 0.15) is 23.9 Å². The molecule has 1 aromatic carbocycles. The van der Waals surface area contributed by atoms with Crippen LogP contribution < -0.4 is 4.74 Å². The topological polar surface area (TPSA) is 64.5 Å². The SMILES string of the molecule is C=C(C=CC(=CC)OC(F)(F)F)c1ccc2c(c1)C(=O)N(Cc1ncccn1)CCO2. The van der Waals surface area contributed by atoms with Gasteiger partial charge in [-0.25, -0.2) is 9.97 Å². The number of aromatic nitrogens is 2. The number of hydrogen-bond donors (Lipinski definition) is 0. The molecule has 0 unspecified atom stereocenters. The molecule has 9 heteroatoms. The number of benzene rings is 1. The van der Waals surface area contributed by atoms with Crippen molar-refractivity contribution in [1.29, 1.82) is 0 Å². The predicted octanol–water partition coefficient (Wildman–Crippen LogP) is 4.52. The third-order valence-electron chi connectivity index (χ3n) is 4.41. The number of ether oxygens (including phenoxy) is 2. The van der Waals surface area contributed by atoms with E-state index in [-0.39, 0.29) is 18.2 Å².